The summed E-state index contributed by atoms with van der Waals surface area (Å²) in [4.78, 5) is 32.8. The van der Waals surface area contributed by atoms with Crippen molar-refractivity contribution in [3.05, 3.63) is 115 Å². The molecule has 264 valence electrons. The van der Waals surface area contributed by atoms with E-state index in [0.29, 0.717) is 57.2 Å². The molecule has 2 bridgehead atoms. The fraction of sp³-hybridized carbons (Fsp3) is 0.378. The van der Waals surface area contributed by atoms with Gasteiger partial charge in [-0.3, -0.25) is 10.3 Å². The minimum atomic E-state index is -1.20. The number of halogens is 2. The first-order chi connectivity index (χ1) is 24.0. The van der Waals surface area contributed by atoms with Gasteiger partial charge in [0.25, 0.3) is 0 Å². The maximum Gasteiger partial charge on any atom is 0.348 e. The van der Waals surface area contributed by atoms with Gasteiger partial charge in [-0.25, -0.2) is 9.59 Å². The Morgan fingerprint density at radius 2 is 1.72 bits per heavy atom. The first kappa shape index (κ1) is 36.1. The molecule has 0 saturated carbocycles. The Balaban J connectivity index is 1.19. The van der Waals surface area contributed by atoms with Crippen LogP contribution in [0.1, 0.15) is 57.1 Å². The molecule has 1 unspecified atom stereocenters. The quantitative estimate of drug-likeness (QED) is 0.0859. The van der Waals surface area contributed by atoms with Crippen LogP contribution in [0.3, 0.4) is 0 Å². The molecule has 3 fully saturated rings. The number of hydrogen-bond donors (Lipinski definition) is 1. The standard InChI is InChI=1S/C37H39Cl2N3O7S/c1-37(25-7-5-4-6-8-25,36(44)49-33-22-42(45)15-13-23(33)14-16-42)41-19-26-10-12-34(50-26)35(43)48-31(18-27-28(38)20-40-21-29(27)39)24-9-11-30(46-2)32(17-24)47-3/h4-12,17,20-21,23,31,33,41H,13-16,18-19,22H2,1-3H3/t23?,31-,33-,37?,42?/m0/s1. The van der Waals surface area contributed by atoms with Gasteiger partial charge >= 0.3 is 11.9 Å². The van der Waals surface area contributed by atoms with E-state index in [0.717, 1.165) is 23.3 Å². The predicted molar refractivity (Wildman–Crippen MR) is 191 cm³/mol. The minimum absolute atomic E-state index is 0.187. The van der Waals surface area contributed by atoms with Gasteiger partial charge in [-0.2, -0.15) is 0 Å². The number of rotatable bonds is 13. The van der Waals surface area contributed by atoms with Crippen LogP contribution in [-0.4, -0.2) is 61.5 Å². The number of methoxy groups -OCH3 is 2. The largest absolute Gasteiger partial charge is 0.633 e. The maximum absolute atomic E-state index is 13.9. The van der Waals surface area contributed by atoms with Gasteiger partial charge in [0, 0.05) is 49.0 Å². The molecule has 1 N–H and O–H groups in total. The van der Waals surface area contributed by atoms with Crippen LogP contribution in [0.25, 0.3) is 0 Å². The first-order valence-corrected chi connectivity index (χ1v) is 18.0. The molecule has 2 aromatic heterocycles. The molecular weight excluding hydrogens is 701 g/mol. The lowest BCUT2D eigenvalue weighted by Gasteiger charge is -2.55. The number of ether oxygens (including phenoxy) is 4. The third-order valence-electron chi connectivity index (χ3n) is 9.72. The number of carbonyl (C=O) groups excluding carboxylic acids is 2. The monoisotopic (exact) mass is 739 g/mol. The van der Waals surface area contributed by atoms with Crippen molar-refractivity contribution in [2.24, 2.45) is 5.92 Å². The molecule has 3 aliphatic rings. The van der Waals surface area contributed by atoms with Gasteiger partial charge in [-0.1, -0.05) is 59.6 Å². The van der Waals surface area contributed by atoms with E-state index in [1.165, 1.54) is 30.8 Å². The van der Waals surface area contributed by atoms with Crippen molar-refractivity contribution in [3.8, 4) is 11.5 Å². The molecule has 7 rings (SSSR count). The van der Waals surface area contributed by atoms with Crippen LogP contribution < -0.4 is 14.8 Å². The molecule has 50 heavy (non-hydrogen) atoms. The summed E-state index contributed by atoms with van der Waals surface area (Å²) in [6.45, 7) is 3.52. The lowest BCUT2D eigenvalue weighted by atomic mass is 9.84. The Labute approximate surface area is 305 Å². The van der Waals surface area contributed by atoms with Crippen LogP contribution in [0.15, 0.2) is 73.1 Å². The molecule has 10 nitrogen and oxygen atoms in total. The number of carbonyl (C=O) groups is 2. The fourth-order valence-electron chi connectivity index (χ4n) is 6.68. The fourth-order valence-corrected chi connectivity index (χ4v) is 8.02. The Morgan fingerprint density at radius 1 is 1.02 bits per heavy atom. The highest BCUT2D eigenvalue weighted by molar-refractivity contribution is 7.13. The number of aromatic nitrogens is 1. The minimum Gasteiger partial charge on any atom is -0.633 e. The van der Waals surface area contributed by atoms with Crippen molar-refractivity contribution < 1.29 is 33.2 Å². The van der Waals surface area contributed by atoms with Crippen molar-refractivity contribution in [1.29, 1.82) is 0 Å². The third kappa shape index (κ3) is 7.78. The number of pyridine rings is 1. The predicted octanol–water partition coefficient (Wildman–Crippen LogP) is 7.26. The summed E-state index contributed by atoms with van der Waals surface area (Å²) < 4.78 is 22.8. The van der Waals surface area contributed by atoms with E-state index in [1.54, 1.807) is 38.3 Å². The molecule has 0 spiro atoms. The zero-order valence-electron chi connectivity index (χ0n) is 28.0. The normalized spacial score (nSPS) is 21.6. The smallest absolute Gasteiger partial charge is 0.348 e. The van der Waals surface area contributed by atoms with Crippen LogP contribution in [0, 0.1) is 11.1 Å². The highest BCUT2D eigenvalue weighted by Crippen LogP contribution is 2.38. The summed E-state index contributed by atoms with van der Waals surface area (Å²) in [5.41, 5.74) is 0.778. The highest BCUT2D eigenvalue weighted by atomic mass is 35.5. The Bertz CT molecular complexity index is 1810. The molecule has 3 aliphatic heterocycles. The molecule has 3 atom stereocenters. The average Bonchev–Trinajstić information content (AvgIpc) is 3.61. The van der Waals surface area contributed by atoms with Crippen LogP contribution in [0.4, 0.5) is 0 Å². The lowest BCUT2D eigenvalue weighted by Crippen LogP contribution is -2.62. The summed E-state index contributed by atoms with van der Waals surface area (Å²) in [6.07, 6.45) is 3.51. The number of hydroxylamine groups is 3. The van der Waals surface area contributed by atoms with Crippen molar-refractivity contribution in [1.82, 2.24) is 10.3 Å². The number of hydrogen-bond acceptors (Lipinski definition) is 10. The second kappa shape index (κ2) is 15.3. The van der Waals surface area contributed by atoms with Crippen molar-refractivity contribution in [3.63, 3.8) is 0 Å². The SMILES string of the molecule is COc1ccc([C@H](Cc2c(Cl)cncc2Cl)OC(=O)c2ccc(CNC(C)(C(=O)O[C@H]3C[N+]4([O-])CCC3CC4)c3ccccc3)s2)cc1OC. The van der Waals surface area contributed by atoms with Gasteiger partial charge < -0.3 is 28.8 Å². The van der Waals surface area contributed by atoms with E-state index in [1.807, 2.05) is 36.4 Å². The molecule has 13 heteroatoms. The molecule has 5 heterocycles. The zero-order valence-corrected chi connectivity index (χ0v) is 30.4. The van der Waals surface area contributed by atoms with Crippen LogP contribution >= 0.6 is 34.5 Å². The summed E-state index contributed by atoms with van der Waals surface area (Å²) in [5, 5.41) is 17.1. The topological polar surface area (TPSA) is 119 Å². The van der Waals surface area contributed by atoms with Gasteiger partial charge in [-0.15, -0.1) is 11.3 Å². The summed E-state index contributed by atoms with van der Waals surface area (Å²) in [5.74, 6) is 0.237. The van der Waals surface area contributed by atoms with Gasteiger partial charge in [0.1, 0.15) is 23.1 Å². The lowest BCUT2D eigenvalue weighted by molar-refractivity contribution is -0.900. The Kier molecular flexibility index (Phi) is 11.0. The Morgan fingerprint density at radius 3 is 2.38 bits per heavy atom. The second-order valence-corrected chi connectivity index (χ2v) is 14.9. The number of thiophene rings is 1. The molecular formula is C37H39Cl2N3O7S. The van der Waals surface area contributed by atoms with Crippen molar-refractivity contribution in [2.45, 2.75) is 50.5 Å². The van der Waals surface area contributed by atoms with E-state index in [2.05, 4.69) is 10.3 Å². The molecule has 3 saturated heterocycles. The summed E-state index contributed by atoms with van der Waals surface area (Å²) in [7, 11) is 3.08. The van der Waals surface area contributed by atoms with E-state index in [9.17, 15) is 14.8 Å². The highest BCUT2D eigenvalue weighted by Gasteiger charge is 2.46. The molecule has 0 radical (unpaired) electrons. The molecule has 4 aromatic rings. The van der Waals surface area contributed by atoms with E-state index in [-0.39, 0.29) is 23.5 Å². The zero-order chi connectivity index (χ0) is 35.5. The van der Waals surface area contributed by atoms with Gasteiger partial charge in [0.2, 0.25) is 0 Å². The second-order valence-electron chi connectivity index (χ2n) is 12.9. The number of benzene rings is 2. The number of fused-ring (bicyclic) bond motifs is 3. The first-order valence-electron chi connectivity index (χ1n) is 16.4. The van der Waals surface area contributed by atoms with E-state index >= 15 is 0 Å². The van der Waals surface area contributed by atoms with Gasteiger partial charge in [-0.05, 0) is 47.9 Å². The average molecular weight is 741 g/mol. The van der Waals surface area contributed by atoms with E-state index in [4.69, 9.17) is 42.1 Å². The summed E-state index contributed by atoms with van der Waals surface area (Å²) >= 11 is 14.2. The third-order valence-corrected chi connectivity index (χ3v) is 11.4. The van der Waals surface area contributed by atoms with Crippen molar-refractivity contribution in [2.75, 3.05) is 33.9 Å². The number of esters is 2. The van der Waals surface area contributed by atoms with Crippen LogP contribution in [0.5, 0.6) is 11.5 Å². The van der Waals surface area contributed by atoms with Gasteiger partial charge in [0.15, 0.2) is 17.6 Å². The maximum atomic E-state index is 13.9. The van der Waals surface area contributed by atoms with Gasteiger partial charge in [0.05, 0.1) is 37.4 Å². The van der Waals surface area contributed by atoms with Crippen LogP contribution in [0.2, 0.25) is 10.0 Å². The molecule has 2 aromatic carbocycles. The molecule has 0 amide bonds. The number of quaternary nitrogens is 1. The summed E-state index contributed by atoms with van der Waals surface area (Å²) in [6, 6.07) is 18.2. The van der Waals surface area contributed by atoms with Crippen molar-refractivity contribution >= 4 is 46.5 Å². The van der Waals surface area contributed by atoms with E-state index < -0.39 is 29.7 Å². The number of nitrogens with zero attached hydrogens (tertiary/aromatic N) is 2. The Hall–Kier alpha value is -3.71. The molecule has 0 aliphatic carbocycles. The number of piperidine rings is 3. The van der Waals surface area contributed by atoms with Crippen LogP contribution in [-0.2, 0) is 32.8 Å². The number of nitrogens with one attached hydrogen (secondary N) is 1.